The zero-order valence-electron chi connectivity index (χ0n) is 10.1. The Kier molecular flexibility index (Phi) is 2.97. The quantitative estimate of drug-likeness (QED) is 0.820. The molecule has 2 N–H and O–H groups in total. The predicted molar refractivity (Wildman–Crippen MR) is 65.7 cm³/mol. The minimum absolute atomic E-state index is 0.0806. The highest BCUT2D eigenvalue weighted by atomic mass is 16.6. The number of aromatic amines is 1. The molecular formula is C11H15N5O2. The first kappa shape index (κ1) is 11.2. The van der Waals surface area contributed by atoms with Crippen LogP contribution in [0.5, 0.6) is 5.88 Å². The van der Waals surface area contributed by atoms with Crippen molar-refractivity contribution < 1.29 is 9.47 Å². The van der Waals surface area contributed by atoms with Crippen molar-refractivity contribution in [3.8, 4) is 5.88 Å². The van der Waals surface area contributed by atoms with Crippen molar-refractivity contribution in [1.82, 2.24) is 20.2 Å². The third-order valence-electron chi connectivity index (χ3n) is 2.69. The Labute approximate surface area is 104 Å². The van der Waals surface area contributed by atoms with Gasteiger partial charge in [-0.2, -0.15) is 15.1 Å². The summed E-state index contributed by atoms with van der Waals surface area (Å²) in [5.74, 6) is 1.12. The van der Waals surface area contributed by atoms with Gasteiger partial charge in [-0.25, -0.2) is 0 Å². The van der Waals surface area contributed by atoms with Crippen LogP contribution in [0.4, 0.5) is 5.95 Å². The number of ether oxygens (including phenoxy) is 2. The second kappa shape index (κ2) is 4.77. The van der Waals surface area contributed by atoms with Crippen LogP contribution < -0.4 is 10.1 Å². The van der Waals surface area contributed by atoms with Crippen molar-refractivity contribution in [1.29, 1.82) is 0 Å². The molecule has 0 amide bonds. The zero-order valence-corrected chi connectivity index (χ0v) is 10.1. The first-order chi connectivity index (χ1) is 8.86. The van der Waals surface area contributed by atoms with Gasteiger partial charge in [0.1, 0.15) is 11.5 Å². The molecule has 3 rings (SSSR count). The molecule has 7 heteroatoms. The van der Waals surface area contributed by atoms with Gasteiger partial charge >= 0.3 is 0 Å². The Morgan fingerprint density at radius 2 is 2.39 bits per heavy atom. The number of anilines is 1. The summed E-state index contributed by atoms with van der Waals surface area (Å²) >= 11 is 0. The molecule has 2 aromatic heterocycles. The van der Waals surface area contributed by atoms with E-state index >= 15 is 0 Å². The number of hydrogen-bond acceptors (Lipinski definition) is 6. The van der Waals surface area contributed by atoms with Crippen LogP contribution in [0.15, 0.2) is 6.20 Å². The van der Waals surface area contributed by atoms with Gasteiger partial charge in [0.05, 0.1) is 19.4 Å². The highest BCUT2D eigenvalue weighted by molar-refractivity contribution is 5.80. The maximum Gasteiger partial charge on any atom is 0.230 e. The van der Waals surface area contributed by atoms with Crippen LogP contribution in [0.1, 0.15) is 13.3 Å². The average molecular weight is 249 g/mol. The van der Waals surface area contributed by atoms with Gasteiger partial charge in [-0.3, -0.25) is 5.10 Å². The van der Waals surface area contributed by atoms with E-state index in [1.807, 2.05) is 0 Å². The molecular weight excluding hydrogens is 234 g/mol. The van der Waals surface area contributed by atoms with Crippen molar-refractivity contribution in [3.05, 3.63) is 6.20 Å². The van der Waals surface area contributed by atoms with Crippen LogP contribution >= 0.6 is 0 Å². The van der Waals surface area contributed by atoms with Crippen molar-refractivity contribution in [3.63, 3.8) is 0 Å². The molecule has 1 saturated heterocycles. The lowest BCUT2D eigenvalue weighted by Gasteiger charge is -2.26. The fraction of sp³-hybridized carbons (Fsp3) is 0.545. The topological polar surface area (TPSA) is 85.0 Å². The Morgan fingerprint density at radius 1 is 1.50 bits per heavy atom. The van der Waals surface area contributed by atoms with Gasteiger partial charge in [-0.05, 0) is 6.42 Å². The smallest absolute Gasteiger partial charge is 0.230 e. The van der Waals surface area contributed by atoms with E-state index in [1.165, 1.54) is 0 Å². The molecule has 0 atom stereocenters. The zero-order chi connectivity index (χ0) is 12.4. The van der Waals surface area contributed by atoms with Crippen LogP contribution in [0.25, 0.3) is 11.0 Å². The van der Waals surface area contributed by atoms with E-state index in [4.69, 9.17) is 9.47 Å². The molecule has 1 aliphatic heterocycles. The van der Waals surface area contributed by atoms with E-state index < -0.39 is 0 Å². The van der Waals surface area contributed by atoms with E-state index in [1.54, 1.807) is 6.20 Å². The molecule has 0 radical (unpaired) electrons. The summed E-state index contributed by atoms with van der Waals surface area (Å²) in [5.41, 5.74) is 0.679. The average Bonchev–Trinajstić information content (AvgIpc) is 2.79. The van der Waals surface area contributed by atoms with Gasteiger partial charge in [0.15, 0.2) is 5.65 Å². The summed E-state index contributed by atoms with van der Waals surface area (Å²) in [7, 11) is 0. The maximum absolute atomic E-state index is 5.77. The maximum atomic E-state index is 5.77. The Hall–Kier alpha value is -1.89. The molecule has 96 valence electrons. The van der Waals surface area contributed by atoms with Crippen LogP contribution in [0.3, 0.4) is 0 Å². The molecule has 0 unspecified atom stereocenters. The Morgan fingerprint density at radius 3 is 3.11 bits per heavy atom. The summed E-state index contributed by atoms with van der Waals surface area (Å²) in [6.07, 6.45) is 2.77. The lowest BCUT2D eigenvalue weighted by Crippen LogP contribution is -2.38. The lowest BCUT2D eigenvalue weighted by molar-refractivity contribution is -0.0806. The standard InChI is InChI=1S/C11H15N5O2/c1-2-3-12-11-14-9-8(4-13-16-9)10(15-11)18-7-5-17-6-7/h4,7H,2-3,5-6H2,1H3,(H2,12,13,14,15,16). The molecule has 0 aliphatic carbocycles. The number of fused-ring (bicyclic) bond motifs is 1. The van der Waals surface area contributed by atoms with E-state index in [0.29, 0.717) is 30.7 Å². The third-order valence-corrected chi connectivity index (χ3v) is 2.69. The second-order valence-electron chi connectivity index (χ2n) is 4.19. The predicted octanol–water partition coefficient (Wildman–Crippen LogP) is 0.952. The number of aromatic nitrogens is 4. The lowest BCUT2D eigenvalue weighted by atomic mass is 10.3. The van der Waals surface area contributed by atoms with E-state index in [0.717, 1.165) is 18.4 Å². The van der Waals surface area contributed by atoms with Gasteiger partial charge in [-0.1, -0.05) is 6.92 Å². The highest BCUT2D eigenvalue weighted by Crippen LogP contribution is 2.24. The molecule has 1 aliphatic rings. The fourth-order valence-electron chi connectivity index (χ4n) is 1.65. The van der Waals surface area contributed by atoms with E-state index in [9.17, 15) is 0 Å². The largest absolute Gasteiger partial charge is 0.469 e. The molecule has 3 heterocycles. The first-order valence-corrected chi connectivity index (χ1v) is 6.06. The molecule has 0 spiro atoms. The Bertz CT molecular complexity index is 537. The van der Waals surface area contributed by atoms with Crippen LogP contribution in [0, 0.1) is 0 Å². The summed E-state index contributed by atoms with van der Waals surface area (Å²) in [4.78, 5) is 8.71. The molecule has 0 aromatic carbocycles. The number of nitrogens with zero attached hydrogens (tertiary/aromatic N) is 3. The fourth-order valence-corrected chi connectivity index (χ4v) is 1.65. The van der Waals surface area contributed by atoms with Crippen LogP contribution in [-0.4, -0.2) is 46.0 Å². The third kappa shape index (κ3) is 2.08. The van der Waals surface area contributed by atoms with Crippen LogP contribution in [0.2, 0.25) is 0 Å². The van der Waals surface area contributed by atoms with Gasteiger partial charge < -0.3 is 14.8 Å². The van der Waals surface area contributed by atoms with Gasteiger partial charge in [0, 0.05) is 6.54 Å². The van der Waals surface area contributed by atoms with Gasteiger partial charge in [-0.15, -0.1) is 0 Å². The van der Waals surface area contributed by atoms with Crippen molar-refractivity contribution >= 4 is 17.0 Å². The van der Waals surface area contributed by atoms with Crippen molar-refractivity contribution in [2.75, 3.05) is 25.1 Å². The summed E-state index contributed by atoms with van der Waals surface area (Å²) in [6, 6.07) is 0. The summed E-state index contributed by atoms with van der Waals surface area (Å²) in [5, 5.41) is 10.7. The molecule has 18 heavy (non-hydrogen) atoms. The first-order valence-electron chi connectivity index (χ1n) is 6.06. The molecule has 0 saturated carbocycles. The van der Waals surface area contributed by atoms with Gasteiger partial charge in [0.2, 0.25) is 11.8 Å². The SMILES string of the molecule is CCCNc1nc(OC2COC2)c2cn[nH]c2n1. The summed E-state index contributed by atoms with van der Waals surface area (Å²) < 4.78 is 10.9. The van der Waals surface area contributed by atoms with Gasteiger partial charge in [0.25, 0.3) is 0 Å². The molecule has 7 nitrogen and oxygen atoms in total. The number of rotatable bonds is 5. The minimum Gasteiger partial charge on any atom is -0.469 e. The van der Waals surface area contributed by atoms with Crippen molar-refractivity contribution in [2.24, 2.45) is 0 Å². The minimum atomic E-state index is 0.0806. The number of hydrogen-bond donors (Lipinski definition) is 2. The highest BCUT2D eigenvalue weighted by Gasteiger charge is 2.22. The summed E-state index contributed by atoms with van der Waals surface area (Å²) in [6.45, 7) is 4.14. The molecule has 0 bridgehead atoms. The number of nitrogens with one attached hydrogen (secondary N) is 2. The monoisotopic (exact) mass is 249 g/mol. The van der Waals surface area contributed by atoms with Crippen LogP contribution in [-0.2, 0) is 4.74 Å². The molecule has 1 fully saturated rings. The normalized spacial score (nSPS) is 15.6. The Balaban J connectivity index is 1.89. The van der Waals surface area contributed by atoms with Crippen molar-refractivity contribution in [2.45, 2.75) is 19.4 Å². The van der Waals surface area contributed by atoms with E-state index in [-0.39, 0.29) is 6.10 Å². The molecule has 2 aromatic rings. The van der Waals surface area contributed by atoms with E-state index in [2.05, 4.69) is 32.4 Å². The number of H-pyrrole nitrogens is 1. The second-order valence-corrected chi connectivity index (χ2v) is 4.19.